The molecule has 2 N–H and O–H groups in total. The molecule has 0 radical (unpaired) electrons. The third kappa shape index (κ3) is 4.49. The Morgan fingerprint density at radius 3 is 2.29 bits per heavy atom. The quantitative estimate of drug-likeness (QED) is 0.644. The van der Waals surface area contributed by atoms with Crippen LogP contribution in [0.3, 0.4) is 0 Å². The Hall–Kier alpha value is -0.480. The zero-order valence-electron chi connectivity index (χ0n) is 12.7. The fourth-order valence-electron chi connectivity index (χ4n) is 2.13. The van der Waals surface area contributed by atoms with Gasteiger partial charge in [-0.25, -0.2) is 0 Å². The second-order valence-electron chi connectivity index (χ2n) is 5.48. The van der Waals surface area contributed by atoms with E-state index in [1.54, 1.807) is 11.3 Å². The molecule has 1 nitrogen and oxygen atoms in total. The minimum Gasteiger partial charge on any atom is -0.326 e. The molecule has 0 saturated carbocycles. The number of thioether (sulfide) groups is 1. The highest BCUT2D eigenvalue weighted by Crippen LogP contribution is 2.42. The summed E-state index contributed by atoms with van der Waals surface area (Å²) in [6.07, 6.45) is 0.956. The van der Waals surface area contributed by atoms with Crippen molar-refractivity contribution in [3.05, 3.63) is 51.2 Å². The zero-order valence-corrected chi connectivity index (χ0v) is 15.1. The van der Waals surface area contributed by atoms with Gasteiger partial charge in [-0.15, -0.1) is 23.1 Å². The second kappa shape index (κ2) is 7.68. The van der Waals surface area contributed by atoms with Crippen LogP contribution in [0, 0.1) is 0 Å². The number of hydrogen-bond acceptors (Lipinski definition) is 3. The Morgan fingerprint density at radius 2 is 1.81 bits per heavy atom. The van der Waals surface area contributed by atoms with E-state index in [0.29, 0.717) is 5.92 Å². The SMILES string of the molecule is CCC(N)C(Sc1ccc(C(C)C)cc1)c1ccc(Cl)s1. The van der Waals surface area contributed by atoms with Crippen LogP contribution in [0.2, 0.25) is 4.34 Å². The number of benzene rings is 1. The number of thiophene rings is 1. The van der Waals surface area contributed by atoms with Gasteiger partial charge in [-0.2, -0.15) is 0 Å². The summed E-state index contributed by atoms with van der Waals surface area (Å²) in [5.41, 5.74) is 7.70. The molecule has 0 bridgehead atoms. The number of hydrogen-bond donors (Lipinski definition) is 1. The van der Waals surface area contributed by atoms with Crippen LogP contribution < -0.4 is 5.73 Å². The summed E-state index contributed by atoms with van der Waals surface area (Å²) in [6, 6.07) is 13.0. The van der Waals surface area contributed by atoms with Crippen LogP contribution in [-0.2, 0) is 0 Å². The van der Waals surface area contributed by atoms with E-state index in [0.717, 1.165) is 10.8 Å². The molecule has 2 aromatic rings. The van der Waals surface area contributed by atoms with Crippen molar-refractivity contribution >= 4 is 34.7 Å². The average molecular weight is 340 g/mol. The van der Waals surface area contributed by atoms with Gasteiger partial charge in [0.1, 0.15) is 0 Å². The van der Waals surface area contributed by atoms with E-state index >= 15 is 0 Å². The van der Waals surface area contributed by atoms with Crippen molar-refractivity contribution in [1.29, 1.82) is 0 Å². The van der Waals surface area contributed by atoms with Gasteiger partial charge in [0.2, 0.25) is 0 Å². The first-order chi connectivity index (χ1) is 10.0. The van der Waals surface area contributed by atoms with Crippen molar-refractivity contribution in [3.63, 3.8) is 0 Å². The summed E-state index contributed by atoms with van der Waals surface area (Å²) < 4.78 is 0.828. The van der Waals surface area contributed by atoms with Gasteiger partial charge >= 0.3 is 0 Å². The first-order valence-electron chi connectivity index (χ1n) is 7.28. The number of rotatable bonds is 6. The second-order valence-corrected chi connectivity index (χ2v) is 8.44. The van der Waals surface area contributed by atoms with Crippen LogP contribution >= 0.6 is 34.7 Å². The Kier molecular flexibility index (Phi) is 6.18. The standard InChI is InChI=1S/C17H22ClNS2/c1-4-14(19)17(15-9-10-16(18)21-15)20-13-7-5-12(6-8-13)11(2)3/h5-11,14,17H,4,19H2,1-3H3. The molecular formula is C17H22ClNS2. The van der Waals surface area contributed by atoms with E-state index in [4.69, 9.17) is 17.3 Å². The van der Waals surface area contributed by atoms with Gasteiger partial charge in [0.15, 0.2) is 0 Å². The molecule has 0 aliphatic carbocycles. The summed E-state index contributed by atoms with van der Waals surface area (Å²) in [5, 5.41) is 0.261. The van der Waals surface area contributed by atoms with E-state index in [-0.39, 0.29) is 11.3 Å². The monoisotopic (exact) mass is 339 g/mol. The maximum absolute atomic E-state index is 6.33. The molecule has 114 valence electrons. The Bertz CT molecular complexity index is 562. The van der Waals surface area contributed by atoms with E-state index in [1.165, 1.54) is 15.3 Å². The average Bonchev–Trinajstić information content (AvgIpc) is 2.90. The maximum Gasteiger partial charge on any atom is 0.0931 e. The van der Waals surface area contributed by atoms with Crippen molar-refractivity contribution in [2.45, 2.75) is 49.3 Å². The zero-order chi connectivity index (χ0) is 15.4. The van der Waals surface area contributed by atoms with Crippen LogP contribution in [0.4, 0.5) is 0 Å². The molecule has 2 rings (SSSR count). The first-order valence-corrected chi connectivity index (χ1v) is 9.36. The third-order valence-corrected chi connectivity index (χ3v) is 6.41. The fraction of sp³-hybridized carbons (Fsp3) is 0.412. The van der Waals surface area contributed by atoms with Crippen LogP contribution in [0.5, 0.6) is 0 Å². The Balaban J connectivity index is 2.18. The molecule has 1 aromatic carbocycles. The minimum absolute atomic E-state index is 0.134. The molecule has 21 heavy (non-hydrogen) atoms. The lowest BCUT2D eigenvalue weighted by molar-refractivity contribution is 0.640. The van der Waals surface area contributed by atoms with Crippen molar-refractivity contribution < 1.29 is 0 Å². The highest BCUT2D eigenvalue weighted by molar-refractivity contribution is 7.99. The predicted octanol–water partition coefficient (Wildman–Crippen LogP) is 6.10. The predicted molar refractivity (Wildman–Crippen MR) is 96.7 cm³/mol. The lowest BCUT2D eigenvalue weighted by Gasteiger charge is -2.21. The number of halogens is 1. The molecule has 4 heteroatoms. The largest absolute Gasteiger partial charge is 0.326 e. The lowest BCUT2D eigenvalue weighted by atomic mass is 10.0. The molecule has 1 heterocycles. The van der Waals surface area contributed by atoms with Crippen LogP contribution in [0.1, 0.15) is 48.8 Å². The maximum atomic E-state index is 6.33. The van der Waals surface area contributed by atoms with Gasteiger partial charge < -0.3 is 5.73 Å². The molecule has 0 amide bonds. The Morgan fingerprint density at radius 1 is 1.14 bits per heavy atom. The van der Waals surface area contributed by atoms with Crippen molar-refractivity contribution in [2.75, 3.05) is 0 Å². The van der Waals surface area contributed by atoms with Gasteiger partial charge in [0.05, 0.1) is 9.59 Å². The van der Waals surface area contributed by atoms with Crippen LogP contribution in [0.15, 0.2) is 41.3 Å². The van der Waals surface area contributed by atoms with E-state index in [2.05, 4.69) is 51.1 Å². The molecule has 2 atom stereocenters. The fourth-order valence-corrected chi connectivity index (χ4v) is 4.69. The summed E-state index contributed by atoms with van der Waals surface area (Å²) in [5.74, 6) is 0.564. The molecule has 0 aliphatic heterocycles. The van der Waals surface area contributed by atoms with Gasteiger partial charge in [-0.05, 0) is 42.2 Å². The summed E-state index contributed by atoms with van der Waals surface area (Å²) in [7, 11) is 0. The van der Waals surface area contributed by atoms with Gasteiger partial charge in [0.25, 0.3) is 0 Å². The lowest BCUT2D eigenvalue weighted by Crippen LogP contribution is -2.25. The number of nitrogens with two attached hydrogens (primary N) is 1. The summed E-state index contributed by atoms with van der Waals surface area (Å²) in [4.78, 5) is 2.52. The molecule has 1 aromatic heterocycles. The van der Waals surface area contributed by atoms with Crippen molar-refractivity contribution in [1.82, 2.24) is 0 Å². The van der Waals surface area contributed by atoms with Gasteiger partial charge in [0, 0.05) is 15.8 Å². The van der Waals surface area contributed by atoms with Crippen molar-refractivity contribution in [3.8, 4) is 0 Å². The molecular weight excluding hydrogens is 318 g/mol. The molecule has 0 spiro atoms. The smallest absolute Gasteiger partial charge is 0.0931 e. The van der Waals surface area contributed by atoms with Gasteiger partial charge in [-0.3, -0.25) is 0 Å². The van der Waals surface area contributed by atoms with E-state index in [1.807, 2.05) is 17.8 Å². The van der Waals surface area contributed by atoms with E-state index in [9.17, 15) is 0 Å². The molecule has 0 fully saturated rings. The molecule has 2 unspecified atom stereocenters. The third-order valence-electron chi connectivity index (χ3n) is 3.54. The highest BCUT2D eigenvalue weighted by atomic mass is 35.5. The summed E-state index contributed by atoms with van der Waals surface area (Å²) >= 11 is 9.55. The highest BCUT2D eigenvalue weighted by Gasteiger charge is 2.21. The molecule has 0 aliphatic rings. The minimum atomic E-state index is 0.134. The topological polar surface area (TPSA) is 26.0 Å². The molecule has 0 saturated heterocycles. The Labute approximate surface area is 140 Å². The van der Waals surface area contributed by atoms with Crippen LogP contribution in [0.25, 0.3) is 0 Å². The normalized spacial score (nSPS) is 14.4. The van der Waals surface area contributed by atoms with E-state index < -0.39 is 0 Å². The van der Waals surface area contributed by atoms with Crippen molar-refractivity contribution in [2.24, 2.45) is 5.73 Å². The van der Waals surface area contributed by atoms with Gasteiger partial charge in [-0.1, -0.05) is 44.5 Å². The summed E-state index contributed by atoms with van der Waals surface area (Å²) in [6.45, 7) is 6.56. The van der Waals surface area contributed by atoms with Crippen LogP contribution in [-0.4, -0.2) is 6.04 Å². The first kappa shape index (κ1) is 16.9.